The number of rotatable bonds is 3. The first-order valence-electron chi connectivity index (χ1n) is 6.79. The van der Waals surface area contributed by atoms with E-state index in [1.54, 1.807) is 0 Å². The Kier molecular flexibility index (Phi) is 4.38. The van der Waals surface area contributed by atoms with E-state index in [-0.39, 0.29) is 5.41 Å². The summed E-state index contributed by atoms with van der Waals surface area (Å²) in [6.45, 7) is 7.53. The lowest BCUT2D eigenvalue weighted by Crippen LogP contribution is -2.36. The van der Waals surface area contributed by atoms with Gasteiger partial charge in [0.2, 0.25) is 0 Å². The molecule has 5 heteroatoms. The van der Waals surface area contributed by atoms with Gasteiger partial charge in [-0.25, -0.2) is 8.42 Å². The number of thiophene rings is 1. The van der Waals surface area contributed by atoms with Crippen molar-refractivity contribution in [3.05, 3.63) is 21.9 Å². The highest BCUT2D eigenvalue weighted by molar-refractivity contribution is 7.91. The summed E-state index contributed by atoms with van der Waals surface area (Å²) >= 11 is 1.85. The van der Waals surface area contributed by atoms with E-state index in [0.717, 1.165) is 19.4 Å². The molecule has 1 aliphatic heterocycles. The number of hydrogen-bond acceptors (Lipinski definition) is 4. The van der Waals surface area contributed by atoms with Gasteiger partial charge in [-0.05, 0) is 30.4 Å². The van der Waals surface area contributed by atoms with Gasteiger partial charge in [-0.2, -0.15) is 0 Å². The fourth-order valence-corrected chi connectivity index (χ4v) is 4.72. The van der Waals surface area contributed by atoms with Crippen LogP contribution in [0, 0.1) is 0 Å². The molecule has 0 bridgehead atoms. The van der Waals surface area contributed by atoms with Crippen LogP contribution in [0.3, 0.4) is 0 Å². The van der Waals surface area contributed by atoms with Crippen molar-refractivity contribution in [1.29, 1.82) is 0 Å². The van der Waals surface area contributed by atoms with Crippen LogP contribution in [0.15, 0.2) is 12.1 Å². The zero-order valence-electron chi connectivity index (χ0n) is 11.9. The quantitative estimate of drug-likeness (QED) is 0.933. The topological polar surface area (TPSA) is 46.2 Å². The first-order chi connectivity index (χ1) is 8.76. The Bertz CT molecular complexity index is 512. The van der Waals surface area contributed by atoms with Crippen LogP contribution in [0.25, 0.3) is 0 Å². The molecule has 1 aromatic rings. The Morgan fingerprint density at radius 2 is 1.89 bits per heavy atom. The van der Waals surface area contributed by atoms with Crippen LogP contribution < -0.4 is 5.32 Å². The Morgan fingerprint density at radius 1 is 1.26 bits per heavy atom. The summed E-state index contributed by atoms with van der Waals surface area (Å²) < 4.78 is 22.7. The van der Waals surface area contributed by atoms with Gasteiger partial charge in [0.1, 0.15) is 9.84 Å². The third kappa shape index (κ3) is 4.29. The monoisotopic (exact) mass is 301 g/mol. The van der Waals surface area contributed by atoms with Crippen molar-refractivity contribution in [1.82, 2.24) is 5.32 Å². The predicted octanol–water partition coefficient (Wildman–Crippen LogP) is 2.71. The molecule has 1 N–H and O–H groups in total. The Morgan fingerprint density at radius 3 is 2.42 bits per heavy atom. The van der Waals surface area contributed by atoms with E-state index >= 15 is 0 Å². The first kappa shape index (κ1) is 15.0. The van der Waals surface area contributed by atoms with Gasteiger partial charge in [-0.3, -0.25) is 0 Å². The summed E-state index contributed by atoms with van der Waals surface area (Å²) in [5.74, 6) is 0.671. The van der Waals surface area contributed by atoms with Gasteiger partial charge in [0.15, 0.2) is 0 Å². The summed E-state index contributed by atoms with van der Waals surface area (Å²) in [6, 6.07) is 4.73. The highest BCUT2D eigenvalue weighted by atomic mass is 32.2. The van der Waals surface area contributed by atoms with Crippen molar-refractivity contribution in [2.45, 2.75) is 51.6 Å². The molecule has 19 heavy (non-hydrogen) atoms. The molecule has 2 heterocycles. The molecule has 2 rings (SSSR count). The molecule has 0 radical (unpaired) electrons. The molecule has 1 aliphatic rings. The molecule has 3 nitrogen and oxygen atoms in total. The van der Waals surface area contributed by atoms with Crippen LogP contribution in [-0.4, -0.2) is 26.0 Å². The highest BCUT2D eigenvalue weighted by Gasteiger charge is 2.23. The van der Waals surface area contributed by atoms with Gasteiger partial charge in [-0.1, -0.05) is 20.8 Å². The van der Waals surface area contributed by atoms with Gasteiger partial charge in [0, 0.05) is 22.3 Å². The first-order valence-corrected chi connectivity index (χ1v) is 9.43. The van der Waals surface area contributed by atoms with Crippen LogP contribution >= 0.6 is 11.3 Å². The van der Waals surface area contributed by atoms with Crippen molar-refractivity contribution in [3.63, 3.8) is 0 Å². The van der Waals surface area contributed by atoms with E-state index in [4.69, 9.17) is 0 Å². The molecule has 0 aromatic carbocycles. The molecule has 1 saturated heterocycles. The SMILES string of the molecule is CC(C)(C)c1ccc(CNC2CCS(=O)(=O)CC2)s1. The summed E-state index contributed by atoms with van der Waals surface area (Å²) in [6.07, 6.45) is 1.50. The zero-order chi connectivity index (χ0) is 14.1. The predicted molar refractivity (Wildman–Crippen MR) is 81.5 cm³/mol. The second-order valence-electron chi connectivity index (χ2n) is 6.32. The summed E-state index contributed by atoms with van der Waals surface area (Å²) in [5, 5.41) is 3.49. The minimum Gasteiger partial charge on any atom is -0.309 e. The molecule has 1 fully saturated rings. The Hall–Kier alpha value is -0.390. The molecule has 0 atom stereocenters. The lowest BCUT2D eigenvalue weighted by molar-refractivity contribution is 0.465. The molecule has 0 unspecified atom stereocenters. The zero-order valence-corrected chi connectivity index (χ0v) is 13.5. The Balaban J connectivity index is 1.85. The van der Waals surface area contributed by atoms with Gasteiger partial charge in [0.05, 0.1) is 11.5 Å². The van der Waals surface area contributed by atoms with E-state index < -0.39 is 9.84 Å². The Labute approximate surface area is 120 Å². The lowest BCUT2D eigenvalue weighted by atomic mass is 9.95. The average molecular weight is 301 g/mol. The third-order valence-corrected chi connectivity index (χ3v) is 6.75. The van der Waals surface area contributed by atoms with E-state index in [1.165, 1.54) is 9.75 Å². The molecular weight excluding hydrogens is 278 g/mol. The van der Waals surface area contributed by atoms with Crippen LogP contribution in [-0.2, 0) is 21.8 Å². The van der Waals surface area contributed by atoms with Crippen LogP contribution in [0.4, 0.5) is 0 Å². The number of nitrogens with one attached hydrogen (secondary N) is 1. The van der Waals surface area contributed by atoms with Crippen molar-refractivity contribution in [2.75, 3.05) is 11.5 Å². The van der Waals surface area contributed by atoms with Crippen molar-refractivity contribution in [3.8, 4) is 0 Å². The number of sulfone groups is 1. The molecule has 1 aromatic heterocycles. The van der Waals surface area contributed by atoms with Crippen LogP contribution in [0.2, 0.25) is 0 Å². The molecule has 0 saturated carbocycles. The van der Waals surface area contributed by atoms with Crippen LogP contribution in [0.1, 0.15) is 43.4 Å². The average Bonchev–Trinajstić information content (AvgIpc) is 2.76. The summed E-state index contributed by atoms with van der Waals surface area (Å²) in [7, 11) is -2.75. The smallest absolute Gasteiger partial charge is 0.150 e. The molecular formula is C14H23NO2S2. The fraction of sp³-hybridized carbons (Fsp3) is 0.714. The van der Waals surface area contributed by atoms with Gasteiger partial charge >= 0.3 is 0 Å². The summed E-state index contributed by atoms with van der Waals surface area (Å²) in [5.41, 5.74) is 0.210. The maximum atomic E-state index is 11.4. The van der Waals surface area contributed by atoms with E-state index in [9.17, 15) is 8.42 Å². The van der Waals surface area contributed by atoms with Crippen molar-refractivity contribution in [2.24, 2.45) is 0 Å². The van der Waals surface area contributed by atoms with Crippen molar-refractivity contribution < 1.29 is 8.42 Å². The molecule has 108 valence electrons. The maximum absolute atomic E-state index is 11.4. The number of hydrogen-bond donors (Lipinski definition) is 1. The maximum Gasteiger partial charge on any atom is 0.150 e. The van der Waals surface area contributed by atoms with Gasteiger partial charge in [0.25, 0.3) is 0 Å². The van der Waals surface area contributed by atoms with E-state index in [2.05, 4.69) is 38.2 Å². The lowest BCUT2D eigenvalue weighted by Gasteiger charge is -2.22. The molecule has 0 aliphatic carbocycles. The van der Waals surface area contributed by atoms with Gasteiger partial charge < -0.3 is 5.32 Å². The van der Waals surface area contributed by atoms with E-state index in [1.807, 2.05) is 11.3 Å². The third-order valence-electron chi connectivity index (χ3n) is 3.52. The van der Waals surface area contributed by atoms with Gasteiger partial charge in [-0.15, -0.1) is 11.3 Å². The standard InChI is InChI=1S/C14H23NO2S2/c1-14(2,3)13-5-4-12(18-13)10-15-11-6-8-19(16,17)9-7-11/h4-5,11,15H,6-10H2,1-3H3. The molecule has 0 amide bonds. The largest absolute Gasteiger partial charge is 0.309 e. The highest BCUT2D eigenvalue weighted by Crippen LogP contribution is 2.29. The fourth-order valence-electron chi connectivity index (χ4n) is 2.22. The minimum atomic E-state index is -2.75. The minimum absolute atomic E-state index is 0.210. The second-order valence-corrected chi connectivity index (χ2v) is 9.79. The van der Waals surface area contributed by atoms with E-state index in [0.29, 0.717) is 17.5 Å². The van der Waals surface area contributed by atoms with Crippen LogP contribution in [0.5, 0.6) is 0 Å². The van der Waals surface area contributed by atoms with Crippen molar-refractivity contribution >= 4 is 21.2 Å². The second kappa shape index (κ2) is 5.54. The molecule has 0 spiro atoms. The normalized spacial score (nSPS) is 20.6. The summed E-state index contributed by atoms with van der Waals surface area (Å²) in [4.78, 5) is 2.73.